The van der Waals surface area contributed by atoms with Crippen LogP contribution in [0, 0.1) is 5.92 Å². The van der Waals surface area contributed by atoms with Crippen molar-refractivity contribution in [3.63, 3.8) is 0 Å². The van der Waals surface area contributed by atoms with Gasteiger partial charge in [0.05, 0.1) is 4.88 Å². The normalized spacial score (nSPS) is 12.8. The molecule has 25 heavy (non-hydrogen) atoms. The van der Waals surface area contributed by atoms with E-state index in [9.17, 15) is 4.79 Å². The van der Waals surface area contributed by atoms with Crippen molar-refractivity contribution in [3.8, 4) is 0 Å². The van der Waals surface area contributed by atoms with Crippen LogP contribution in [-0.2, 0) is 6.42 Å². The molecule has 0 N–H and O–H groups in total. The summed E-state index contributed by atoms with van der Waals surface area (Å²) in [6.45, 7) is 11.1. The zero-order chi connectivity index (χ0) is 18.8. The van der Waals surface area contributed by atoms with E-state index >= 15 is 0 Å². The fraction of sp³-hybridized carbons (Fsp3) is 0.762. The fourth-order valence-electron chi connectivity index (χ4n) is 2.74. The van der Waals surface area contributed by atoms with Gasteiger partial charge in [0.2, 0.25) is 0 Å². The van der Waals surface area contributed by atoms with Crippen LogP contribution in [0.25, 0.3) is 0 Å². The molecule has 0 bridgehead atoms. The molecule has 1 unspecified atom stereocenters. The monoisotopic (exact) mass is 366 g/mol. The minimum absolute atomic E-state index is 0.170. The van der Waals surface area contributed by atoms with E-state index in [2.05, 4.69) is 45.7 Å². The Morgan fingerprint density at radius 3 is 2.40 bits per heavy atom. The molecule has 0 radical (unpaired) electrons. The number of nitrogens with zero attached hydrogens (tertiary/aromatic N) is 2. The molecule has 0 aromatic carbocycles. The molecule has 0 aliphatic carbocycles. The molecule has 0 spiro atoms. The standard InChI is InChI=1S/C21H38N2OS/c1-7-8-9-10-19-11-12-20(25-19)21(24)23(6)18(4)14-16-22(5)15-13-17(2)3/h11-12,17-18H,7-10,13-16H2,1-6H3. The van der Waals surface area contributed by atoms with Gasteiger partial charge in [0.15, 0.2) is 0 Å². The van der Waals surface area contributed by atoms with Gasteiger partial charge in [-0.25, -0.2) is 0 Å². The first kappa shape index (κ1) is 22.2. The molecule has 0 aliphatic heterocycles. The molecular formula is C21H38N2OS. The van der Waals surface area contributed by atoms with Crippen molar-refractivity contribution in [2.24, 2.45) is 5.92 Å². The Balaban J connectivity index is 2.43. The van der Waals surface area contributed by atoms with Crippen LogP contribution in [0.15, 0.2) is 12.1 Å². The van der Waals surface area contributed by atoms with E-state index in [4.69, 9.17) is 0 Å². The van der Waals surface area contributed by atoms with E-state index < -0.39 is 0 Å². The highest BCUT2D eigenvalue weighted by Gasteiger charge is 2.19. The van der Waals surface area contributed by atoms with Crippen LogP contribution < -0.4 is 0 Å². The van der Waals surface area contributed by atoms with Crippen molar-refractivity contribution in [1.29, 1.82) is 0 Å². The number of thiophene rings is 1. The largest absolute Gasteiger partial charge is 0.338 e. The maximum atomic E-state index is 12.7. The first-order valence-electron chi connectivity index (χ1n) is 9.89. The molecule has 4 heteroatoms. The van der Waals surface area contributed by atoms with Crippen molar-refractivity contribution >= 4 is 17.2 Å². The third-order valence-electron chi connectivity index (χ3n) is 4.90. The van der Waals surface area contributed by atoms with Gasteiger partial charge in [0.25, 0.3) is 5.91 Å². The average molecular weight is 367 g/mol. The Bertz CT molecular complexity index is 498. The van der Waals surface area contributed by atoms with Gasteiger partial charge in [-0.1, -0.05) is 33.6 Å². The predicted molar refractivity (Wildman–Crippen MR) is 111 cm³/mol. The second-order valence-corrected chi connectivity index (χ2v) is 8.93. The topological polar surface area (TPSA) is 23.6 Å². The minimum Gasteiger partial charge on any atom is -0.338 e. The molecular weight excluding hydrogens is 328 g/mol. The molecule has 3 nitrogen and oxygen atoms in total. The van der Waals surface area contributed by atoms with Crippen LogP contribution >= 0.6 is 11.3 Å². The Morgan fingerprint density at radius 2 is 1.76 bits per heavy atom. The van der Waals surface area contributed by atoms with E-state index in [1.807, 2.05) is 18.0 Å². The van der Waals surface area contributed by atoms with Crippen molar-refractivity contribution in [2.75, 3.05) is 27.2 Å². The molecule has 1 heterocycles. The smallest absolute Gasteiger partial charge is 0.263 e. The lowest BCUT2D eigenvalue weighted by Crippen LogP contribution is -2.37. The quantitative estimate of drug-likeness (QED) is 0.468. The molecule has 1 aromatic rings. The van der Waals surface area contributed by atoms with Gasteiger partial charge in [0.1, 0.15) is 0 Å². The molecule has 1 rings (SSSR count). The summed E-state index contributed by atoms with van der Waals surface area (Å²) in [5.74, 6) is 0.915. The van der Waals surface area contributed by atoms with Crippen LogP contribution in [0.4, 0.5) is 0 Å². The SMILES string of the molecule is CCCCCc1ccc(C(=O)N(C)C(C)CCN(C)CCC(C)C)s1. The Kier molecular flexibility index (Phi) is 10.4. The van der Waals surface area contributed by atoms with Crippen LogP contribution in [0.5, 0.6) is 0 Å². The highest BCUT2D eigenvalue weighted by atomic mass is 32.1. The van der Waals surface area contributed by atoms with Crippen molar-refractivity contribution in [2.45, 2.75) is 72.3 Å². The third-order valence-corrected chi connectivity index (χ3v) is 6.03. The first-order chi connectivity index (χ1) is 11.8. The van der Waals surface area contributed by atoms with Crippen LogP contribution in [0.2, 0.25) is 0 Å². The molecule has 0 saturated carbocycles. The van der Waals surface area contributed by atoms with Gasteiger partial charge >= 0.3 is 0 Å². The highest BCUT2D eigenvalue weighted by Crippen LogP contribution is 2.21. The second-order valence-electron chi connectivity index (χ2n) is 7.76. The van der Waals surface area contributed by atoms with E-state index in [1.54, 1.807) is 11.3 Å². The summed E-state index contributed by atoms with van der Waals surface area (Å²) in [5.41, 5.74) is 0. The zero-order valence-electron chi connectivity index (χ0n) is 17.2. The summed E-state index contributed by atoms with van der Waals surface area (Å²) in [6, 6.07) is 4.40. The Hall–Kier alpha value is -0.870. The van der Waals surface area contributed by atoms with Crippen molar-refractivity contribution < 1.29 is 4.79 Å². The Morgan fingerprint density at radius 1 is 1.08 bits per heavy atom. The van der Waals surface area contributed by atoms with Gasteiger partial charge < -0.3 is 9.80 Å². The highest BCUT2D eigenvalue weighted by molar-refractivity contribution is 7.14. The lowest BCUT2D eigenvalue weighted by Gasteiger charge is -2.27. The summed E-state index contributed by atoms with van der Waals surface area (Å²) < 4.78 is 0. The number of aryl methyl sites for hydroxylation is 1. The minimum atomic E-state index is 0.170. The van der Waals surface area contributed by atoms with Gasteiger partial charge in [-0.15, -0.1) is 11.3 Å². The predicted octanol–water partition coefficient (Wildman–Crippen LogP) is 5.31. The second kappa shape index (κ2) is 11.7. The van der Waals surface area contributed by atoms with Gasteiger partial charge in [-0.05, 0) is 70.8 Å². The van der Waals surface area contributed by atoms with E-state index in [0.717, 1.165) is 36.7 Å². The number of rotatable bonds is 12. The van der Waals surface area contributed by atoms with Gasteiger partial charge in [0, 0.05) is 18.0 Å². The van der Waals surface area contributed by atoms with E-state index in [0.29, 0.717) is 0 Å². The van der Waals surface area contributed by atoms with E-state index in [1.165, 1.54) is 30.6 Å². The summed E-state index contributed by atoms with van der Waals surface area (Å²) in [5, 5.41) is 0. The van der Waals surface area contributed by atoms with Crippen LogP contribution in [-0.4, -0.2) is 48.9 Å². The molecule has 1 aromatic heterocycles. The van der Waals surface area contributed by atoms with Gasteiger partial charge in [-0.2, -0.15) is 0 Å². The maximum Gasteiger partial charge on any atom is 0.263 e. The van der Waals surface area contributed by atoms with Crippen LogP contribution in [0.3, 0.4) is 0 Å². The molecule has 0 aliphatic rings. The summed E-state index contributed by atoms with van der Waals surface area (Å²) in [6.07, 6.45) is 7.08. The molecule has 1 amide bonds. The lowest BCUT2D eigenvalue weighted by molar-refractivity contribution is 0.0734. The molecule has 1 atom stereocenters. The number of amides is 1. The maximum absolute atomic E-state index is 12.7. The number of hydrogen-bond acceptors (Lipinski definition) is 3. The summed E-state index contributed by atoms with van der Waals surface area (Å²) in [4.78, 5) is 19.2. The van der Waals surface area contributed by atoms with Crippen molar-refractivity contribution in [3.05, 3.63) is 21.9 Å². The number of hydrogen-bond donors (Lipinski definition) is 0. The fourth-order valence-corrected chi connectivity index (χ4v) is 3.77. The zero-order valence-corrected chi connectivity index (χ0v) is 18.0. The molecule has 0 saturated heterocycles. The number of carbonyl (C=O) groups is 1. The van der Waals surface area contributed by atoms with E-state index in [-0.39, 0.29) is 11.9 Å². The first-order valence-corrected chi connectivity index (χ1v) is 10.7. The summed E-state index contributed by atoms with van der Waals surface area (Å²) >= 11 is 1.67. The lowest BCUT2D eigenvalue weighted by atomic mass is 10.1. The molecule has 144 valence electrons. The number of carbonyl (C=O) groups excluding carboxylic acids is 1. The Labute approximate surface area is 159 Å². The van der Waals surface area contributed by atoms with Crippen LogP contribution in [0.1, 0.15) is 74.3 Å². The van der Waals surface area contributed by atoms with Gasteiger partial charge in [-0.3, -0.25) is 4.79 Å². The third kappa shape index (κ3) is 8.37. The molecule has 0 fully saturated rings. The number of unbranched alkanes of at least 4 members (excludes halogenated alkanes) is 2. The van der Waals surface area contributed by atoms with Crippen molar-refractivity contribution in [1.82, 2.24) is 9.80 Å². The average Bonchev–Trinajstić information content (AvgIpc) is 3.05. The summed E-state index contributed by atoms with van der Waals surface area (Å²) in [7, 11) is 4.12.